The number of hydrogen-bond donors (Lipinski definition) is 0. The van der Waals surface area contributed by atoms with Gasteiger partial charge in [0.25, 0.3) is 11.6 Å². The van der Waals surface area contributed by atoms with Gasteiger partial charge in [-0.05, 0) is 35.9 Å². The molecular weight excluding hydrogens is 398 g/mol. The molecule has 0 atom stereocenters. The van der Waals surface area contributed by atoms with Crippen LogP contribution in [0.5, 0.6) is 11.5 Å². The third-order valence-electron chi connectivity index (χ3n) is 4.94. The van der Waals surface area contributed by atoms with Gasteiger partial charge in [-0.25, -0.2) is 0 Å². The van der Waals surface area contributed by atoms with Crippen LogP contribution in [0.4, 0.5) is 11.4 Å². The summed E-state index contributed by atoms with van der Waals surface area (Å²) in [5, 5.41) is 16.7. The second kappa shape index (κ2) is 7.42. The van der Waals surface area contributed by atoms with Gasteiger partial charge in [-0.3, -0.25) is 14.9 Å². The van der Waals surface area contributed by atoms with Gasteiger partial charge in [0.1, 0.15) is 5.71 Å². The van der Waals surface area contributed by atoms with Gasteiger partial charge < -0.3 is 9.47 Å². The highest BCUT2D eigenvalue weighted by Gasteiger charge is 2.32. The van der Waals surface area contributed by atoms with Crippen molar-refractivity contribution in [3.63, 3.8) is 0 Å². The molecule has 0 fully saturated rings. The number of nitro benzene ring substituents is 1. The Bertz CT molecular complexity index is 1250. The fourth-order valence-electron chi connectivity index (χ4n) is 3.41. The first-order valence-electron chi connectivity index (χ1n) is 9.45. The number of carbonyl (C=O) groups excluding carboxylic acids is 1. The average molecular weight is 413 g/mol. The lowest BCUT2D eigenvalue weighted by Gasteiger charge is -2.11. The molecule has 0 aromatic heterocycles. The van der Waals surface area contributed by atoms with E-state index in [0.29, 0.717) is 28.5 Å². The number of ether oxygens (including phenoxy) is 2. The number of nitrogens with zero attached hydrogens (tertiary/aromatic N) is 3. The molecule has 8 nitrogen and oxygen atoms in total. The Morgan fingerprint density at radius 2 is 1.71 bits per heavy atom. The van der Waals surface area contributed by atoms with Crippen molar-refractivity contribution in [2.24, 2.45) is 5.10 Å². The summed E-state index contributed by atoms with van der Waals surface area (Å²) in [4.78, 5) is 23.8. The summed E-state index contributed by atoms with van der Waals surface area (Å²) in [5.41, 5.74) is 2.86. The Hall–Kier alpha value is -4.46. The van der Waals surface area contributed by atoms with Gasteiger partial charge in [-0.15, -0.1) is 0 Å². The molecule has 3 aromatic carbocycles. The van der Waals surface area contributed by atoms with Gasteiger partial charge in [-0.2, -0.15) is 10.1 Å². The number of rotatable bonds is 4. The van der Waals surface area contributed by atoms with Crippen LogP contribution in [0.1, 0.15) is 11.1 Å². The van der Waals surface area contributed by atoms with E-state index in [9.17, 15) is 14.9 Å². The second-order valence-electron chi connectivity index (χ2n) is 6.88. The quantitative estimate of drug-likeness (QED) is 0.364. The lowest BCUT2D eigenvalue weighted by Crippen LogP contribution is -2.21. The van der Waals surface area contributed by atoms with Crippen LogP contribution in [0.25, 0.3) is 6.08 Å². The van der Waals surface area contributed by atoms with Crippen molar-refractivity contribution in [2.45, 2.75) is 0 Å². The summed E-state index contributed by atoms with van der Waals surface area (Å²) in [6.45, 7) is 0.166. The van der Waals surface area contributed by atoms with E-state index < -0.39 is 4.92 Å². The van der Waals surface area contributed by atoms with E-state index >= 15 is 0 Å². The van der Waals surface area contributed by atoms with E-state index in [-0.39, 0.29) is 18.4 Å². The molecule has 0 saturated heterocycles. The van der Waals surface area contributed by atoms with Crippen LogP contribution in [0, 0.1) is 10.1 Å². The smallest absolute Gasteiger partial charge is 0.281 e. The zero-order valence-corrected chi connectivity index (χ0v) is 16.1. The molecular formula is C23H15N3O5. The minimum Gasteiger partial charge on any atom is -0.454 e. The second-order valence-corrected chi connectivity index (χ2v) is 6.88. The predicted octanol–water partition coefficient (Wildman–Crippen LogP) is 4.16. The Labute approximate surface area is 176 Å². The van der Waals surface area contributed by atoms with E-state index in [1.165, 1.54) is 29.3 Å². The Morgan fingerprint density at radius 1 is 0.968 bits per heavy atom. The normalized spacial score (nSPS) is 16.0. The monoisotopic (exact) mass is 413 g/mol. The molecule has 0 radical (unpaired) electrons. The molecule has 1 amide bonds. The van der Waals surface area contributed by atoms with Gasteiger partial charge in [0, 0.05) is 17.7 Å². The van der Waals surface area contributed by atoms with Crippen LogP contribution in [-0.4, -0.2) is 23.3 Å². The van der Waals surface area contributed by atoms with Crippen LogP contribution >= 0.6 is 0 Å². The largest absolute Gasteiger partial charge is 0.454 e. The molecule has 8 heteroatoms. The van der Waals surface area contributed by atoms with Crippen LogP contribution in [0.3, 0.4) is 0 Å². The SMILES string of the molecule is O=C1C(=Cc2ccc3c(c2)OCO3)C(c2ccccc2)=NN1c1ccc([N+](=O)[O-])cc1. The first-order valence-corrected chi connectivity index (χ1v) is 9.45. The fraction of sp³-hybridized carbons (Fsp3) is 0.0435. The number of hydrogen-bond acceptors (Lipinski definition) is 6. The predicted molar refractivity (Wildman–Crippen MR) is 114 cm³/mol. The molecule has 0 aliphatic carbocycles. The van der Waals surface area contributed by atoms with Crippen molar-refractivity contribution in [3.05, 3.63) is 99.6 Å². The van der Waals surface area contributed by atoms with Crippen molar-refractivity contribution in [3.8, 4) is 11.5 Å². The van der Waals surface area contributed by atoms with Gasteiger partial charge >= 0.3 is 0 Å². The highest BCUT2D eigenvalue weighted by atomic mass is 16.7. The van der Waals surface area contributed by atoms with Crippen molar-refractivity contribution in [1.82, 2.24) is 0 Å². The van der Waals surface area contributed by atoms with E-state index in [0.717, 1.165) is 11.1 Å². The van der Waals surface area contributed by atoms with Gasteiger partial charge in [0.05, 0.1) is 16.2 Å². The number of amides is 1. The summed E-state index contributed by atoms with van der Waals surface area (Å²) in [6.07, 6.45) is 1.75. The highest BCUT2D eigenvalue weighted by Crippen LogP contribution is 2.34. The highest BCUT2D eigenvalue weighted by molar-refractivity contribution is 6.37. The Morgan fingerprint density at radius 3 is 2.45 bits per heavy atom. The molecule has 2 heterocycles. The molecule has 31 heavy (non-hydrogen) atoms. The summed E-state index contributed by atoms with van der Waals surface area (Å²) < 4.78 is 10.8. The molecule has 0 spiro atoms. The molecule has 5 rings (SSSR count). The number of anilines is 1. The van der Waals surface area contributed by atoms with Crippen LogP contribution in [0.15, 0.2) is 83.5 Å². The standard InChI is InChI=1S/C23H15N3O5/c27-23-19(12-15-6-11-20-21(13-15)31-14-30-20)22(16-4-2-1-3-5-16)24-25(23)17-7-9-18(10-8-17)26(28)29/h1-13H,14H2. The minimum absolute atomic E-state index is 0.0567. The fourth-order valence-corrected chi connectivity index (χ4v) is 3.41. The number of carbonyl (C=O) groups is 1. The zero-order chi connectivity index (χ0) is 21.4. The van der Waals surface area contributed by atoms with Crippen LogP contribution in [0.2, 0.25) is 0 Å². The number of hydrazone groups is 1. The van der Waals surface area contributed by atoms with Gasteiger partial charge in [0.2, 0.25) is 6.79 Å². The molecule has 2 aliphatic heterocycles. The maximum atomic E-state index is 13.3. The third kappa shape index (κ3) is 3.40. The summed E-state index contributed by atoms with van der Waals surface area (Å²) in [5.74, 6) is 0.944. The van der Waals surface area contributed by atoms with Crippen LogP contribution < -0.4 is 14.5 Å². The lowest BCUT2D eigenvalue weighted by molar-refractivity contribution is -0.384. The molecule has 0 saturated carbocycles. The lowest BCUT2D eigenvalue weighted by atomic mass is 10.00. The van der Waals surface area contributed by atoms with E-state index in [4.69, 9.17) is 9.47 Å². The zero-order valence-electron chi connectivity index (χ0n) is 16.1. The Kier molecular flexibility index (Phi) is 4.44. The average Bonchev–Trinajstić information content (AvgIpc) is 3.39. The molecule has 152 valence electrons. The molecule has 0 bridgehead atoms. The first-order chi connectivity index (χ1) is 15.1. The number of benzene rings is 3. The maximum absolute atomic E-state index is 13.3. The molecule has 2 aliphatic rings. The van der Waals surface area contributed by atoms with Crippen LogP contribution in [-0.2, 0) is 4.79 Å². The van der Waals surface area contributed by atoms with Crippen molar-refractivity contribution in [1.29, 1.82) is 0 Å². The van der Waals surface area contributed by atoms with Crippen molar-refractivity contribution in [2.75, 3.05) is 11.8 Å². The first kappa shape index (κ1) is 18.6. The number of fused-ring (bicyclic) bond motifs is 1. The van der Waals surface area contributed by atoms with Gasteiger partial charge in [-0.1, -0.05) is 36.4 Å². The number of non-ortho nitro benzene ring substituents is 1. The topological polar surface area (TPSA) is 94.3 Å². The maximum Gasteiger partial charge on any atom is 0.281 e. The molecule has 0 unspecified atom stereocenters. The molecule has 0 N–H and O–H groups in total. The van der Waals surface area contributed by atoms with Gasteiger partial charge in [0.15, 0.2) is 11.5 Å². The summed E-state index contributed by atoms with van der Waals surface area (Å²) in [7, 11) is 0. The summed E-state index contributed by atoms with van der Waals surface area (Å²) >= 11 is 0. The Balaban J connectivity index is 1.57. The summed E-state index contributed by atoms with van der Waals surface area (Å²) in [6, 6.07) is 20.5. The van der Waals surface area contributed by atoms with E-state index in [1.54, 1.807) is 18.2 Å². The number of nitro groups is 1. The molecule has 3 aromatic rings. The third-order valence-corrected chi connectivity index (χ3v) is 4.94. The van der Waals surface area contributed by atoms with Crippen molar-refractivity contribution < 1.29 is 19.2 Å². The van der Waals surface area contributed by atoms with E-state index in [2.05, 4.69) is 5.10 Å². The van der Waals surface area contributed by atoms with Crippen molar-refractivity contribution >= 4 is 29.1 Å². The van der Waals surface area contributed by atoms with E-state index in [1.807, 2.05) is 36.4 Å². The minimum atomic E-state index is -0.487.